The highest BCUT2D eigenvalue weighted by Gasteiger charge is 2.32. The SMILES string of the molecule is COc1cc2c(cc1OC)C(O)C(CCCN(C)CCc1ccc(OCc3ccccc3)cc1)C2. The molecular weight excluding hydrogens is 438 g/mol. The number of hydrogen-bond donors (Lipinski definition) is 1. The maximum Gasteiger partial charge on any atom is 0.161 e. The average molecular weight is 476 g/mol. The van der Waals surface area contributed by atoms with E-state index in [0.29, 0.717) is 12.4 Å². The molecule has 186 valence electrons. The van der Waals surface area contributed by atoms with Gasteiger partial charge < -0.3 is 24.2 Å². The van der Waals surface area contributed by atoms with Gasteiger partial charge in [-0.05, 0) is 91.7 Å². The van der Waals surface area contributed by atoms with Crippen molar-refractivity contribution in [2.75, 3.05) is 34.4 Å². The van der Waals surface area contributed by atoms with E-state index >= 15 is 0 Å². The molecule has 3 aromatic rings. The molecular formula is C30H37NO4. The fraction of sp³-hybridized carbons (Fsp3) is 0.400. The number of hydrogen-bond acceptors (Lipinski definition) is 5. The number of ether oxygens (including phenoxy) is 3. The maximum atomic E-state index is 10.8. The molecule has 0 bridgehead atoms. The van der Waals surface area contributed by atoms with E-state index in [2.05, 4.69) is 48.3 Å². The lowest BCUT2D eigenvalue weighted by atomic mass is 9.97. The molecule has 0 aliphatic heterocycles. The van der Waals surface area contributed by atoms with Crippen LogP contribution in [-0.4, -0.2) is 44.4 Å². The molecule has 5 heteroatoms. The van der Waals surface area contributed by atoms with E-state index in [-0.39, 0.29) is 5.92 Å². The minimum atomic E-state index is -0.433. The number of methoxy groups -OCH3 is 2. The van der Waals surface area contributed by atoms with E-state index in [1.54, 1.807) is 14.2 Å². The first-order valence-corrected chi connectivity index (χ1v) is 12.4. The normalized spacial score (nSPS) is 16.8. The van der Waals surface area contributed by atoms with Crippen molar-refractivity contribution in [2.24, 2.45) is 5.92 Å². The Labute approximate surface area is 209 Å². The van der Waals surface area contributed by atoms with Crippen LogP contribution in [0.3, 0.4) is 0 Å². The van der Waals surface area contributed by atoms with Gasteiger partial charge >= 0.3 is 0 Å². The molecule has 0 amide bonds. The molecule has 1 N–H and O–H groups in total. The largest absolute Gasteiger partial charge is 0.493 e. The lowest BCUT2D eigenvalue weighted by molar-refractivity contribution is 0.114. The Hall–Kier alpha value is -3.02. The van der Waals surface area contributed by atoms with Crippen molar-refractivity contribution >= 4 is 0 Å². The van der Waals surface area contributed by atoms with Crippen LogP contribution in [0, 0.1) is 5.92 Å². The quantitative estimate of drug-likeness (QED) is 0.378. The van der Waals surface area contributed by atoms with E-state index < -0.39 is 6.10 Å². The van der Waals surface area contributed by atoms with Crippen LogP contribution in [0.2, 0.25) is 0 Å². The van der Waals surface area contributed by atoms with Gasteiger partial charge in [-0.3, -0.25) is 0 Å². The van der Waals surface area contributed by atoms with E-state index in [1.807, 2.05) is 30.3 Å². The zero-order chi connectivity index (χ0) is 24.6. The molecule has 0 spiro atoms. The minimum Gasteiger partial charge on any atom is -0.493 e. The highest BCUT2D eigenvalue weighted by atomic mass is 16.5. The van der Waals surface area contributed by atoms with Crippen LogP contribution in [-0.2, 0) is 19.4 Å². The molecule has 2 atom stereocenters. The highest BCUT2D eigenvalue weighted by molar-refractivity contribution is 5.50. The first kappa shape index (κ1) is 25.1. The molecule has 35 heavy (non-hydrogen) atoms. The summed E-state index contributed by atoms with van der Waals surface area (Å²) in [6.07, 6.45) is 3.52. The van der Waals surface area contributed by atoms with Crippen molar-refractivity contribution in [1.29, 1.82) is 0 Å². The molecule has 0 fully saturated rings. The lowest BCUT2D eigenvalue weighted by Crippen LogP contribution is -2.23. The second-order valence-electron chi connectivity index (χ2n) is 9.43. The zero-order valence-corrected chi connectivity index (χ0v) is 21.1. The molecule has 0 saturated heterocycles. The van der Waals surface area contributed by atoms with Crippen molar-refractivity contribution in [3.63, 3.8) is 0 Å². The summed E-state index contributed by atoms with van der Waals surface area (Å²) in [5.74, 6) is 2.56. The number of fused-ring (bicyclic) bond motifs is 1. The fourth-order valence-corrected chi connectivity index (χ4v) is 4.85. The van der Waals surface area contributed by atoms with Crippen LogP contribution >= 0.6 is 0 Å². The van der Waals surface area contributed by atoms with Gasteiger partial charge in [-0.1, -0.05) is 42.5 Å². The third-order valence-corrected chi connectivity index (χ3v) is 6.96. The summed E-state index contributed by atoms with van der Waals surface area (Å²) >= 11 is 0. The van der Waals surface area contributed by atoms with Crippen LogP contribution < -0.4 is 14.2 Å². The number of benzene rings is 3. The smallest absolute Gasteiger partial charge is 0.161 e. The molecule has 4 rings (SSSR count). The van der Waals surface area contributed by atoms with Gasteiger partial charge in [0.15, 0.2) is 11.5 Å². The van der Waals surface area contributed by atoms with Crippen LogP contribution in [0.25, 0.3) is 0 Å². The van der Waals surface area contributed by atoms with Crippen molar-refractivity contribution in [3.05, 3.63) is 89.0 Å². The van der Waals surface area contributed by atoms with Gasteiger partial charge in [0, 0.05) is 6.54 Å². The van der Waals surface area contributed by atoms with Gasteiger partial charge in [-0.25, -0.2) is 0 Å². The van der Waals surface area contributed by atoms with Crippen molar-refractivity contribution < 1.29 is 19.3 Å². The Bertz CT molecular complexity index is 1070. The van der Waals surface area contributed by atoms with Crippen molar-refractivity contribution in [3.8, 4) is 17.2 Å². The predicted molar refractivity (Wildman–Crippen MR) is 139 cm³/mol. The van der Waals surface area contributed by atoms with E-state index in [4.69, 9.17) is 14.2 Å². The molecule has 5 nitrogen and oxygen atoms in total. The van der Waals surface area contributed by atoms with Gasteiger partial charge in [0.25, 0.3) is 0 Å². The maximum absolute atomic E-state index is 10.8. The van der Waals surface area contributed by atoms with Gasteiger partial charge in [0.2, 0.25) is 0 Å². The van der Waals surface area contributed by atoms with Gasteiger partial charge in [-0.15, -0.1) is 0 Å². The Morgan fingerprint density at radius 3 is 2.31 bits per heavy atom. The predicted octanol–water partition coefficient (Wildman–Crippen LogP) is 5.44. The second kappa shape index (κ2) is 12.1. The van der Waals surface area contributed by atoms with E-state index in [9.17, 15) is 5.11 Å². The monoisotopic (exact) mass is 475 g/mol. The minimum absolute atomic E-state index is 0.249. The third kappa shape index (κ3) is 6.56. The summed E-state index contributed by atoms with van der Waals surface area (Å²) in [6.45, 7) is 2.61. The van der Waals surface area contributed by atoms with Gasteiger partial charge in [-0.2, -0.15) is 0 Å². The summed E-state index contributed by atoms with van der Waals surface area (Å²) < 4.78 is 16.7. The van der Waals surface area contributed by atoms with Crippen LogP contribution in [0.5, 0.6) is 17.2 Å². The molecule has 3 aromatic carbocycles. The third-order valence-electron chi connectivity index (χ3n) is 6.96. The molecule has 1 aliphatic rings. The number of likely N-dealkylation sites (N-methyl/N-ethyl adjacent to an activating group) is 1. The number of aliphatic hydroxyl groups excluding tert-OH is 1. The van der Waals surface area contributed by atoms with Crippen molar-refractivity contribution in [2.45, 2.75) is 38.4 Å². The topological polar surface area (TPSA) is 51.2 Å². The summed E-state index contributed by atoms with van der Waals surface area (Å²) in [5.41, 5.74) is 4.64. The second-order valence-corrected chi connectivity index (χ2v) is 9.43. The van der Waals surface area contributed by atoms with E-state index in [1.165, 1.54) is 16.7 Å². The number of nitrogens with zero attached hydrogens (tertiary/aromatic N) is 1. The summed E-state index contributed by atoms with van der Waals surface area (Å²) in [6, 6.07) is 22.6. The summed E-state index contributed by atoms with van der Waals surface area (Å²) in [4.78, 5) is 2.38. The molecule has 2 unspecified atom stereocenters. The van der Waals surface area contributed by atoms with Crippen LogP contribution in [0.1, 0.15) is 41.2 Å². The molecule has 0 heterocycles. The fourth-order valence-electron chi connectivity index (χ4n) is 4.85. The average Bonchev–Trinajstić information content (AvgIpc) is 3.20. The number of rotatable bonds is 12. The van der Waals surface area contributed by atoms with Crippen LogP contribution in [0.4, 0.5) is 0 Å². The Balaban J connectivity index is 1.17. The molecule has 0 aromatic heterocycles. The Morgan fingerprint density at radius 1 is 0.886 bits per heavy atom. The summed E-state index contributed by atoms with van der Waals surface area (Å²) in [5, 5.41) is 10.8. The molecule has 0 saturated carbocycles. The molecule has 1 aliphatic carbocycles. The van der Waals surface area contributed by atoms with Crippen LogP contribution in [0.15, 0.2) is 66.7 Å². The Kier molecular flexibility index (Phi) is 8.67. The highest BCUT2D eigenvalue weighted by Crippen LogP contribution is 2.43. The number of aliphatic hydroxyl groups is 1. The van der Waals surface area contributed by atoms with Gasteiger partial charge in [0.1, 0.15) is 12.4 Å². The van der Waals surface area contributed by atoms with E-state index in [0.717, 1.165) is 55.8 Å². The first-order chi connectivity index (χ1) is 17.1. The molecule has 0 radical (unpaired) electrons. The first-order valence-electron chi connectivity index (χ1n) is 12.4. The zero-order valence-electron chi connectivity index (χ0n) is 21.1. The lowest BCUT2D eigenvalue weighted by Gasteiger charge is -2.19. The Morgan fingerprint density at radius 2 is 1.60 bits per heavy atom. The standard InChI is InChI=1S/C30H37NO4/c1-31(17-15-22-11-13-26(14-12-22)35-21-23-8-5-4-6-9-23)16-7-10-24-18-25-19-28(33-2)29(34-3)20-27(25)30(24)32/h4-6,8-9,11-14,19-20,24,30,32H,7,10,15-18,21H2,1-3H3. The van der Waals surface area contributed by atoms with Gasteiger partial charge in [0.05, 0.1) is 20.3 Å². The summed E-state index contributed by atoms with van der Waals surface area (Å²) in [7, 11) is 5.46. The van der Waals surface area contributed by atoms with Crippen molar-refractivity contribution in [1.82, 2.24) is 4.90 Å².